The molecule has 1 saturated heterocycles. The van der Waals surface area contributed by atoms with Crippen molar-refractivity contribution in [3.05, 3.63) is 48.4 Å². The zero-order valence-electron chi connectivity index (χ0n) is 14.5. The molecule has 0 aliphatic carbocycles. The maximum atomic E-state index is 12.8. The van der Waals surface area contributed by atoms with Crippen LogP contribution in [0.3, 0.4) is 0 Å². The third kappa shape index (κ3) is 4.37. The van der Waals surface area contributed by atoms with E-state index < -0.39 is 9.84 Å². The molecule has 1 fully saturated rings. The Morgan fingerprint density at radius 2 is 2.00 bits per heavy atom. The van der Waals surface area contributed by atoms with Crippen molar-refractivity contribution in [2.75, 3.05) is 25.2 Å². The van der Waals surface area contributed by atoms with Gasteiger partial charge in [0.25, 0.3) is 5.91 Å². The van der Waals surface area contributed by atoms with Crippen LogP contribution in [-0.2, 0) is 21.2 Å². The van der Waals surface area contributed by atoms with E-state index in [1.807, 2.05) is 0 Å². The summed E-state index contributed by atoms with van der Waals surface area (Å²) in [7, 11) is -1.59. The first-order chi connectivity index (χ1) is 12.5. The lowest BCUT2D eigenvalue weighted by Crippen LogP contribution is -2.43. The Balaban J connectivity index is 1.72. The molecule has 7 nitrogen and oxygen atoms in total. The first-order valence-electron chi connectivity index (χ1n) is 8.26. The number of carbonyl (C=O) groups excluding carboxylic acids is 1. The van der Waals surface area contributed by atoms with Crippen molar-refractivity contribution in [1.29, 1.82) is 0 Å². The van der Waals surface area contributed by atoms with Gasteiger partial charge in [-0.1, -0.05) is 12.1 Å². The normalized spacial score (nSPS) is 18.4. The van der Waals surface area contributed by atoms with Gasteiger partial charge in [-0.2, -0.15) is 0 Å². The molecular formula is C18H21NO6S. The molecule has 1 aliphatic rings. The molecule has 0 radical (unpaired) electrons. The van der Waals surface area contributed by atoms with Gasteiger partial charge in [-0.25, -0.2) is 8.42 Å². The number of hydrogen-bond donors (Lipinski definition) is 0. The number of methoxy groups -OCH3 is 1. The van der Waals surface area contributed by atoms with Crippen molar-refractivity contribution in [3.63, 3.8) is 0 Å². The van der Waals surface area contributed by atoms with Crippen LogP contribution in [0.25, 0.3) is 0 Å². The largest absolute Gasteiger partial charge is 0.493 e. The molecule has 1 aromatic carbocycles. The van der Waals surface area contributed by atoms with Crippen molar-refractivity contribution in [3.8, 4) is 11.5 Å². The number of benzene rings is 1. The molecule has 0 saturated carbocycles. The molecule has 1 atom stereocenters. The Morgan fingerprint density at radius 3 is 2.62 bits per heavy atom. The molecule has 1 aromatic heterocycles. The summed E-state index contributed by atoms with van der Waals surface area (Å²) in [6.07, 6.45) is 1.94. The fourth-order valence-electron chi connectivity index (χ4n) is 2.97. The molecule has 1 aliphatic heterocycles. The molecule has 2 heterocycles. The summed E-state index contributed by atoms with van der Waals surface area (Å²) in [5, 5.41) is 0. The van der Waals surface area contributed by atoms with Gasteiger partial charge in [-0.15, -0.1) is 0 Å². The quantitative estimate of drug-likeness (QED) is 0.730. The van der Waals surface area contributed by atoms with Gasteiger partial charge in [0, 0.05) is 6.04 Å². The van der Waals surface area contributed by atoms with E-state index in [4.69, 9.17) is 13.9 Å². The Hall–Kier alpha value is -2.48. The van der Waals surface area contributed by atoms with Gasteiger partial charge in [0.05, 0.1) is 31.4 Å². The summed E-state index contributed by atoms with van der Waals surface area (Å²) < 4.78 is 39.8. The molecule has 140 valence electrons. The molecule has 0 spiro atoms. The maximum absolute atomic E-state index is 12.8. The zero-order chi connectivity index (χ0) is 18.6. The first-order valence-corrected chi connectivity index (χ1v) is 10.1. The van der Waals surface area contributed by atoms with E-state index in [0.717, 1.165) is 0 Å². The van der Waals surface area contributed by atoms with E-state index in [9.17, 15) is 13.2 Å². The number of hydrogen-bond acceptors (Lipinski definition) is 6. The second-order valence-electron chi connectivity index (χ2n) is 6.10. The van der Waals surface area contributed by atoms with Crippen LogP contribution >= 0.6 is 0 Å². The van der Waals surface area contributed by atoms with Gasteiger partial charge in [0.2, 0.25) is 0 Å². The third-order valence-corrected chi connectivity index (χ3v) is 6.05. The van der Waals surface area contributed by atoms with Crippen molar-refractivity contribution < 1.29 is 27.1 Å². The SMILES string of the molecule is COc1ccccc1OCC(=O)N(Cc1ccco1)[C@@H]1CCS(=O)(=O)C1. The standard InChI is InChI=1S/C18H21NO6S/c1-23-16-6-2-3-7-17(16)25-12-18(20)19(11-15-5-4-9-24-15)14-8-10-26(21,22)13-14/h2-7,9,14H,8,10-13H2,1H3/t14-/m1/s1. The molecule has 0 N–H and O–H groups in total. The van der Waals surface area contributed by atoms with Crippen LogP contribution in [0.1, 0.15) is 12.2 Å². The summed E-state index contributed by atoms with van der Waals surface area (Å²) in [6, 6.07) is 10.2. The number of para-hydroxylation sites is 2. The van der Waals surface area contributed by atoms with Crippen LogP contribution in [0, 0.1) is 0 Å². The fourth-order valence-corrected chi connectivity index (χ4v) is 4.70. The number of carbonyl (C=O) groups is 1. The molecule has 26 heavy (non-hydrogen) atoms. The number of rotatable bonds is 7. The average molecular weight is 379 g/mol. The van der Waals surface area contributed by atoms with Crippen LogP contribution in [0.2, 0.25) is 0 Å². The Bertz CT molecular complexity index is 846. The fraction of sp³-hybridized carbons (Fsp3) is 0.389. The van der Waals surface area contributed by atoms with Gasteiger partial charge in [-0.05, 0) is 30.7 Å². The minimum absolute atomic E-state index is 0.0336. The van der Waals surface area contributed by atoms with E-state index in [1.165, 1.54) is 18.3 Å². The highest BCUT2D eigenvalue weighted by atomic mass is 32.2. The Morgan fingerprint density at radius 1 is 1.23 bits per heavy atom. The number of nitrogens with zero attached hydrogens (tertiary/aromatic N) is 1. The van der Waals surface area contributed by atoms with E-state index in [0.29, 0.717) is 23.7 Å². The highest BCUT2D eigenvalue weighted by molar-refractivity contribution is 7.91. The predicted molar refractivity (Wildman–Crippen MR) is 94.8 cm³/mol. The lowest BCUT2D eigenvalue weighted by atomic mass is 10.2. The van der Waals surface area contributed by atoms with Crippen LogP contribution < -0.4 is 9.47 Å². The van der Waals surface area contributed by atoms with E-state index in [2.05, 4.69) is 0 Å². The summed E-state index contributed by atoms with van der Waals surface area (Å²) in [5.74, 6) is 1.34. The summed E-state index contributed by atoms with van der Waals surface area (Å²) in [6.45, 7) is -0.00106. The van der Waals surface area contributed by atoms with Crippen LogP contribution in [0.4, 0.5) is 0 Å². The van der Waals surface area contributed by atoms with Gasteiger partial charge < -0.3 is 18.8 Å². The number of amides is 1. The third-order valence-electron chi connectivity index (χ3n) is 4.30. The molecular weight excluding hydrogens is 358 g/mol. The van der Waals surface area contributed by atoms with Gasteiger partial charge in [-0.3, -0.25) is 4.79 Å². The number of ether oxygens (including phenoxy) is 2. The lowest BCUT2D eigenvalue weighted by Gasteiger charge is -2.27. The van der Waals surface area contributed by atoms with Gasteiger partial charge in [0.1, 0.15) is 5.76 Å². The molecule has 1 amide bonds. The summed E-state index contributed by atoms with van der Waals surface area (Å²) in [4.78, 5) is 14.3. The van der Waals surface area contributed by atoms with Crippen LogP contribution in [0.5, 0.6) is 11.5 Å². The molecule has 3 rings (SSSR count). The van der Waals surface area contributed by atoms with Crippen molar-refractivity contribution >= 4 is 15.7 Å². The van der Waals surface area contributed by atoms with Gasteiger partial charge in [0.15, 0.2) is 27.9 Å². The zero-order valence-corrected chi connectivity index (χ0v) is 15.3. The van der Waals surface area contributed by atoms with E-state index in [1.54, 1.807) is 36.4 Å². The first kappa shape index (κ1) is 18.3. The number of sulfone groups is 1. The predicted octanol–water partition coefficient (Wildman–Crippen LogP) is 1.88. The molecule has 2 aromatic rings. The summed E-state index contributed by atoms with van der Waals surface area (Å²) in [5.41, 5.74) is 0. The minimum atomic E-state index is -3.12. The van der Waals surface area contributed by atoms with Crippen LogP contribution in [-0.4, -0.2) is 50.5 Å². The molecule has 0 bridgehead atoms. The van der Waals surface area contributed by atoms with Crippen molar-refractivity contribution in [1.82, 2.24) is 4.90 Å². The minimum Gasteiger partial charge on any atom is -0.493 e. The van der Waals surface area contributed by atoms with E-state index in [-0.39, 0.29) is 36.6 Å². The number of furan rings is 1. The monoisotopic (exact) mass is 379 g/mol. The van der Waals surface area contributed by atoms with Crippen molar-refractivity contribution in [2.24, 2.45) is 0 Å². The van der Waals surface area contributed by atoms with Gasteiger partial charge >= 0.3 is 0 Å². The smallest absolute Gasteiger partial charge is 0.261 e. The molecule has 0 unspecified atom stereocenters. The van der Waals surface area contributed by atoms with Crippen molar-refractivity contribution in [2.45, 2.75) is 19.0 Å². The second-order valence-corrected chi connectivity index (χ2v) is 8.33. The topological polar surface area (TPSA) is 86.1 Å². The average Bonchev–Trinajstić information content (AvgIpc) is 3.26. The van der Waals surface area contributed by atoms with Crippen LogP contribution in [0.15, 0.2) is 47.1 Å². The van der Waals surface area contributed by atoms with E-state index >= 15 is 0 Å². The maximum Gasteiger partial charge on any atom is 0.261 e. The lowest BCUT2D eigenvalue weighted by molar-refractivity contribution is -0.136. The second kappa shape index (κ2) is 7.82. The Kier molecular flexibility index (Phi) is 5.51. The molecule has 8 heteroatoms. The Labute approximate surface area is 152 Å². The highest BCUT2D eigenvalue weighted by Gasteiger charge is 2.35. The highest BCUT2D eigenvalue weighted by Crippen LogP contribution is 2.26. The summed E-state index contributed by atoms with van der Waals surface area (Å²) >= 11 is 0.